The van der Waals surface area contributed by atoms with Crippen LogP contribution in [-0.2, 0) is 16.8 Å². The van der Waals surface area contributed by atoms with Crippen molar-refractivity contribution < 1.29 is 29.6 Å². The maximum atomic E-state index is 13.4. The molecule has 0 aromatic heterocycles. The summed E-state index contributed by atoms with van der Waals surface area (Å²) in [7, 11) is 0. The molecule has 2 aliphatic rings. The number of carbonyl (C=O) groups excluding carboxylic acids is 1. The summed E-state index contributed by atoms with van der Waals surface area (Å²) in [6.07, 6.45) is 1.77. The van der Waals surface area contributed by atoms with Gasteiger partial charge in [0.1, 0.15) is 5.75 Å². The van der Waals surface area contributed by atoms with E-state index in [9.17, 15) is 19.8 Å². The molecular weight excluding hydrogens is 534 g/mol. The number of nitrogens with two attached hydrogens (primary N) is 1. The molecule has 2 amide bonds. The Bertz CT molecular complexity index is 1190. The highest BCUT2D eigenvalue weighted by Crippen LogP contribution is 2.47. The quantitative estimate of drug-likeness (QED) is 0.267. The van der Waals surface area contributed by atoms with Gasteiger partial charge in [0.2, 0.25) is 5.91 Å². The number of aliphatic hydroxyl groups is 2. The third-order valence-corrected chi connectivity index (χ3v) is 8.60. The molecule has 0 unspecified atom stereocenters. The second-order valence-electron chi connectivity index (χ2n) is 11.0. The lowest BCUT2D eigenvalue weighted by Gasteiger charge is -2.44. The van der Waals surface area contributed by atoms with Crippen LogP contribution >= 0.6 is 11.6 Å². The van der Waals surface area contributed by atoms with Gasteiger partial charge in [-0.3, -0.25) is 4.79 Å². The Morgan fingerprint density at radius 2 is 2.00 bits per heavy atom. The van der Waals surface area contributed by atoms with E-state index in [0.29, 0.717) is 67.3 Å². The minimum Gasteiger partial charge on any atom is -0.465 e. The summed E-state index contributed by atoms with van der Waals surface area (Å²) in [6, 6.07) is 12.5. The van der Waals surface area contributed by atoms with Gasteiger partial charge in [-0.1, -0.05) is 42.8 Å². The Kier molecular flexibility index (Phi) is 9.94. The molecule has 10 heteroatoms. The van der Waals surface area contributed by atoms with Crippen molar-refractivity contribution in [2.24, 2.45) is 17.6 Å². The van der Waals surface area contributed by atoms with Gasteiger partial charge < -0.3 is 36.0 Å². The van der Waals surface area contributed by atoms with Gasteiger partial charge in [-0.25, -0.2) is 4.79 Å². The average Bonchev–Trinajstić information content (AvgIpc) is 3.29. The number of nitrogens with zero attached hydrogens (tertiary/aromatic N) is 1. The summed E-state index contributed by atoms with van der Waals surface area (Å²) in [5.41, 5.74) is 6.13. The number of hydrogen-bond donors (Lipinski definition) is 5. The number of benzene rings is 2. The Hall–Kier alpha value is -2.85. The molecule has 1 heterocycles. The summed E-state index contributed by atoms with van der Waals surface area (Å²) in [4.78, 5) is 26.3. The van der Waals surface area contributed by atoms with Gasteiger partial charge in [0.15, 0.2) is 5.75 Å². The highest BCUT2D eigenvalue weighted by atomic mass is 35.5. The number of ether oxygens (including phenoxy) is 1. The van der Waals surface area contributed by atoms with Crippen LogP contribution in [0.3, 0.4) is 0 Å². The number of nitrogens with one attached hydrogen (secondary N) is 1. The van der Waals surface area contributed by atoms with Crippen molar-refractivity contribution in [3.63, 3.8) is 0 Å². The summed E-state index contributed by atoms with van der Waals surface area (Å²) in [5, 5.41) is 34.4. The number of hydrogen-bond acceptors (Lipinski definition) is 6. The molecule has 40 heavy (non-hydrogen) atoms. The number of likely N-dealkylation sites (tertiary alicyclic amines) is 1. The zero-order chi connectivity index (χ0) is 28.9. The number of para-hydroxylation sites is 1. The van der Waals surface area contributed by atoms with E-state index in [2.05, 4.69) is 12.2 Å². The number of rotatable bonds is 10. The van der Waals surface area contributed by atoms with Crippen molar-refractivity contribution in [3.05, 3.63) is 58.6 Å². The Morgan fingerprint density at radius 3 is 2.70 bits per heavy atom. The average molecular weight is 574 g/mol. The number of halogens is 1. The van der Waals surface area contributed by atoms with E-state index in [0.717, 1.165) is 12.0 Å². The first-order valence-corrected chi connectivity index (χ1v) is 14.5. The van der Waals surface area contributed by atoms with Crippen LogP contribution in [0.5, 0.6) is 11.5 Å². The second kappa shape index (κ2) is 13.2. The van der Waals surface area contributed by atoms with Crippen LogP contribution in [0, 0.1) is 11.8 Å². The standard InChI is InChI=1S/C30H40ClN3O6/c1-2-19-7-3-9-22(15-19)40-27-23(10-4-11-24(27)31)30(39,12-6-13-33-29(37)38)21-8-5-14-34(18-21)28(36)20-16-25(32)26(35)17-20/h3-4,7,9-11,15,20-21,25-26,33,35,39H,2,5-6,8,12-14,16-18,32H2,1H3,(H,37,38)/t20-,21+,25+,26-,30-/m0/s1. The fourth-order valence-corrected chi connectivity index (χ4v) is 6.30. The number of aryl methyl sites for hydroxylation is 1. The SMILES string of the molecule is CCc1cccc(Oc2c(Cl)cccc2[C@](O)(CCCNC(=O)O)[C@@H]2CCCN(C(=O)[C@H]3C[C@@H](N)[C@@H](O)C3)C2)c1. The maximum Gasteiger partial charge on any atom is 0.404 e. The van der Waals surface area contributed by atoms with Crippen LogP contribution in [0.25, 0.3) is 0 Å². The Balaban J connectivity index is 1.65. The van der Waals surface area contributed by atoms with Gasteiger partial charge in [0.05, 0.1) is 16.7 Å². The lowest BCUT2D eigenvalue weighted by Crippen LogP contribution is -2.49. The fraction of sp³-hybridized carbons (Fsp3) is 0.533. The third kappa shape index (κ3) is 6.89. The van der Waals surface area contributed by atoms with Crippen molar-refractivity contribution in [2.75, 3.05) is 19.6 Å². The second-order valence-corrected chi connectivity index (χ2v) is 11.4. The number of piperidine rings is 1. The van der Waals surface area contributed by atoms with Gasteiger partial charge in [-0.15, -0.1) is 0 Å². The molecule has 1 aliphatic carbocycles. The number of carboxylic acid groups (broad SMARTS) is 1. The molecule has 6 N–H and O–H groups in total. The van der Waals surface area contributed by atoms with E-state index >= 15 is 0 Å². The molecule has 4 rings (SSSR count). The Morgan fingerprint density at radius 1 is 1.23 bits per heavy atom. The van der Waals surface area contributed by atoms with Crippen LogP contribution in [0.15, 0.2) is 42.5 Å². The largest absolute Gasteiger partial charge is 0.465 e. The molecule has 218 valence electrons. The van der Waals surface area contributed by atoms with Crippen molar-refractivity contribution in [2.45, 2.75) is 69.6 Å². The predicted octanol–water partition coefficient (Wildman–Crippen LogP) is 4.27. The molecule has 2 aromatic carbocycles. The number of aliphatic hydroxyl groups excluding tert-OH is 1. The summed E-state index contributed by atoms with van der Waals surface area (Å²) in [6.45, 7) is 3.11. The van der Waals surface area contributed by atoms with E-state index in [1.54, 1.807) is 23.1 Å². The van der Waals surface area contributed by atoms with Crippen molar-refractivity contribution >= 4 is 23.6 Å². The molecule has 2 fully saturated rings. The van der Waals surface area contributed by atoms with E-state index < -0.39 is 23.8 Å². The highest BCUT2D eigenvalue weighted by molar-refractivity contribution is 6.32. The first-order chi connectivity index (χ1) is 19.1. The monoisotopic (exact) mass is 573 g/mol. The Labute approximate surface area is 240 Å². The summed E-state index contributed by atoms with van der Waals surface area (Å²) in [5.74, 6) is 0.204. The highest BCUT2D eigenvalue weighted by Gasteiger charge is 2.45. The molecule has 1 saturated carbocycles. The van der Waals surface area contributed by atoms with Crippen LogP contribution in [-0.4, -0.2) is 64.0 Å². The molecular formula is C30H40ClN3O6. The smallest absolute Gasteiger partial charge is 0.404 e. The van der Waals surface area contributed by atoms with E-state index in [4.69, 9.17) is 27.2 Å². The van der Waals surface area contributed by atoms with Gasteiger partial charge in [-0.05, 0) is 68.7 Å². The van der Waals surface area contributed by atoms with Crippen molar-refractivity contribution in [1.82, 2.24) is 10.2 Å². The van der Waals surface area contributed by atoms with Gasteiger partial charge in [-0.2, -0.15) is 0 Å². The lowest BCUT2D eigenvalue weighted by molar-refractivity contribution is -0.141. The molecule has 9 nitrogen and oxygen atoms in total. The number of carbonyl (C=O) groups is 2. The lowest BCUT2D eigenvalue weighted by atomic mass is 9.73. The number of amides is 2. The topological polar surface area (TPSA) is 145 Å². The minimum atomic E-state index is -1.45. The van der Waals surface area contributed by atoms with Gasteiger partial charge in [0, 0.05) is 43.1 Å². The zero-order valence-corrected chi connectivity index (χ0v) is 23.6. The van der Waals surface area contributed by atoms with E-state index in [1.807, 2.05) is 24.3 Å². The molecule has 0 bridgehead atoms. The minimum absolute atomic E-state index is 0.0504. The van der Waals surface area contributed by atoms with Crippen LogP contribution in [0.1, 0.15) is 56.6 Å². The third-order valence-electron chi connectivity index (χ3n) is 8.31. The molecule has 1 aliphatic heterocycles. The summed E-state index contributed by atoms with van der Waals surface area (Å²) < 4.78 is 6.32. The van der Waals surface area contributed by atoms with E-state index in [1.165, 1.54) is 0 Å². The predicted molar refractivity (Wildman–Crippen MR) is 153 cm³/mol. The summed E-state index contributed by atoms with van der Waals surface area (Å²) >= 11 is 6.67. The first-order valence-electron chi connectivity index (χ1n) is 14.1. The normalized spacial score (nSPS) is 24.4. The molecule has 2 aromatic rings. The fourth-order valence-electron chi connectivity index (χ4n) is 6.09. The van der Waals surface area contributed by atoms with Gasteiger partial charge in [0.25, 0.3) is 0 Å². The molecule has 1 saturated heterocycles. The van der Waals surface area contributed by atoms with Crippen LogP contribution in [0.2, 0.25) is 5.02 Å². The molecule has 0 spiro atoms. The molecule has 0 radical (unpaired) electrons. The molecule has 5 atom stereocenters. The van der Waals surface area contributed by atoms with Crippen molar-refractivity contribution in [1.29, 1.82) is 0 Å². The maximum absolute atomic E-state index is 13.4. The first kappa shape index (κ1) is 30.1. The zero-order valence-electron chi connectivity index (χ0n) is 22.9. The van der Waals surface area contributed by atoms with Crippen LogP contribution in [0.4, 0.5) is 4.79 Å². The van der Waals surface area contributed by atoms with Crippen LogP contribution < -0.4 is 15.8 Å². The van der Waals surface area contributed by atoms with Gasteiger partial charge >= 0.3 is 6.09 Å². The van der Waals surface area contributed by atoms with Crippen molar-refractivity contribution in [3.8, 4) is 11.5 Å². The van der Waals surface area contributed by atoms with E-state index in [-0.39, 0.29) is 30.7 Å².